The first-order valence-corrected chi connectivity index (χ1v) is 10.2. The minimum atomic E-state index is 0.00149. The van der Waals surface area contributed by atoms with Gasteiger partial charge in [-0.25, -0.2) is 0 Å². The van der Waals surface area contributed by atoms with E-state index >= 15 is 0 Å². The Labute approximate surface area is 170 Å². The van der Waals surface area contributed by atoms with Crippen LogP contribution in [0.2, 0.25) is 0 Å². The molecule has 8 heteroatoms. The first kappa shape index (κ1) is 19.4. The largest absolute Gasteiger partial charge is 0.459 e. The summed E-state index contributed by atoms with van der Waals surface area (Å²) in [6.45, 7) is 8.18. The summed E-state index contributed by atoms with van der Waals surface area (Å²) < 4.78 is 7.64. The lowest BCUT2D eigenvalue weighted by Gasteiger charge is -2.22. The lowest BCUT2D eigenvalue weighted by atomic mass is 9.90. The number of aromatic nitrogens is 4. The second kappa shape index (κ2) is 7.87. The van der Waals surface area contributed by atoms with Gasteiger partial charge in [-0.15, -0.1) is 0 Å². The molecule has 2 atom stereocenters. The zero-order chi connectivity index (χ0) is 20.5. The fourth-order valence-corrected chi connectivity index (χ4v) is 4.01. The van der Waals surface area contributed by atoms with Crippen molar-refractivity contribution in [3.63, 3.8) is 0 Å². The number of benzene rings is 1. The molecule has 0 aliphatic carbocycles. The summed E-state index contributed by atoms with van der Waals surface area (Å²) in [6.07, 6.45) is 2.11. The molecule has 1 saturated heterocycles. The Morgan fingerprint density at radius 1 is 1.17 bits per heavy atom. The van der Waals surface area contributed by atoms with E-state index in [4.69, 9.17) is 26.3 Å². The second-order valence-electron chi connectivity index (χ2n) is 7.99. The summed E-state index contributed by atoms with van der Waals surface area (Å²) in [6, 6.07) is 8.18. The number of nitrogens with one attached hydrogen (secondary N) is 1. The average Bonchev–Trinajstić information content (AvgIpc) is 3.09. The molecule has 2 aromatic heterocycles. The van der Waals surface area contributed by atoms with Gasteiger partial charge in [-0.05, 0) is 36.9 Å². The van der Waals surface area contributed by atoms with Crippen molar-refractivity contribution in [1.29, 1.82) is 0 Å². The monoisotopic (exact) mass is 395 g/mol. The van der Waals surface area contributed by atoms with E-state index in [0.29, 0.717) is 11.7 Å². The topological polar surface area (TPSA) is 116 Å². The van der Waals surface area contributed by atoms with Crippen LogP contribution in [0.4, 0.5) is 11.6 Å². The van der Waals surface area contributed by atoms with Crippen LogP contribution < -0.4 is 21.5 Å². The third-order valence-corrected chi connectivity index (χ3v) is 5.53. The van der Waals surface area contributed by atoms with Crippen molar-refractivity contribution in [3.05, 3.63) is 41.1 Å². The maximum absolute atomic E-state index is 6.24. The van der Waals surface area contributed by atoms with Crippen LogP contribution in [0.5, 0.6) is 6.01 Å². The quantitative estimate of drug-likeness (QED) is 0.569. The van der Waals surface area contributed by atoms with Crippen molar-refractivity contribution in [2.75, 3.05) is 24.6 Å². The molecule has 3 heterocycles. The van der Waals surface area contributed by atoms with Gasteiger partial charge in [-0.3, -0.25) is 0 Å². The van der Waals surface area contributed by atoms with Gasteiger partial charge in [0.15, 0.2) is 5.65 Å². The molecule has 0 bridgehead atoms. The van der Waals surface area contributed by atoms with Crippen LogP contribution in [0.25, 0.3) is 5.65 Å². The fourth-order valence-electron chi connectivity index (χ4n) is 4.01. The molecule has 1 unspecified atom stereocenters. The highest BCUT2D eigenvalue weighted by Crippen LogP contribution is 2.35. The van der Waals surface area contributed by atoms with Gasteiger partial charge in [-0.1, -0.05) is 39.0 Å². The van der Waals surface area contributed by atoms with Gasteiger partial charge >= 0.3 is 6.01 Å². The van der Waals surface area contributed by atoms with Crippen LogP contribution in [0.1, 0.15) is 62.3 Å². The molecular weight excluding hydrogens is 366 g/mol. The molecule has 154 valence electrons. The fraction of sp³-hybridized carbons (Fsp3) is 0.476. The minimum Gasteiger partial charge on any atom is -0.459 e. The van der Waals surface area contributed by atoms with E-state index in [1.54, 1.807) is 4.52 Å². The van der Waals surface area contributed by atoms with Gasteiger partial charge in [0.25, 0.3) is 0 Å². The predicted octanol–water partition coefficient (Wildman–Crippen LogP) is 2.69. The van der Waals surface area contributed by atoms with Crippen LogP contribution in [0, 0.1) is 0 Å². The van der Waals surface area contributed by atoms with Gasteiger partial charge in [0.1, 0.15) is 6.10 Å². The van der Waals surface area contributed by atoms with Crippen molar-refractivity contribution in [3.8, 4) is 6.01 Å². The molecule has 0 radical (unpaired) electrons. The van der Waals surface area contributed by atoms with Crippen LogP contribution in [-0.4, -0.2) is 38.8 Å². The molecule has 0 saturated carbocycles. The Morgan fingerprint density at radius 3 is 2.66 bits per heavy atom. The molecule has 8 nitrogen and oxygen atoms in total. The van der Waals surface area contributed by atoms with Crippen LogP contribution in [-0.2, 0) is 0 Å². The molecule has 1 fully saturated rings. The first-order valence-electron chi connectivity index (χ1n) is 10.2. The number of ether oxygens (including phenoxy) is 1. The van der Waals surface area contributed by atoms with E-state index in [1.807, 2.05) is 24.3 Å². The average molecular weight is 396 g/mol. The zero-order valence-corrected chi connectivity index (χ0v) is 17.2. The highest BCUT2D eigenvalue weighted by molar-refractivity contribution is 5.59. The molecule has 4 rings (SSSR count). The minimum absolute atomic E-state index is 0.00149. The van der Waals surface area contributed by atoms with Crippen molar-refractivity contribution >= 4 is 17.3 Å². The van der Waals surface area contributed by atoms with E-state index in [1.165, 1.54) is 0 Å². The van der Waals surface area contributed by atoms with Crippen molar-refractivity contribution in [2.45, 2.75) is 51.6 Å². The predicted molar refractivity (Wildman–Crippen MR) is 114 cm³/mol. The van der Waals surface area contributed by atoms with E-state index in [0.717, 1.165) is 48.4 Å². The van der Waals surface area contributed by atoms with Gasteiger partial charge < -0.3 is 21.5 Å². The summed E-state index contributed by atoms with van der Waals surface area (Å²) in [5.41, 5.74) is 16.9. The van der Waals surface area contributed by atoms with Crippen molar-refractivity contribution in [2.24, 2.45) is 0 Å². The van der Waals surface area contributed by atoms with E-state index in [2.05, 4.69) is 31.1 Å². The second-order valence-corrected chi connectivity index (χ2v) is 7.99. The highest BCUT2D eigenvalue weighted by Gasteiger charge is 2.26. The SMILES string of the molecule is CC(C)c1c(C(C)c2ccccc2N)nn2c(N)nc(O[C@@H]3CCCNC3)nc12. The highest BCUT2D eigenvalue weighted by atomic mass is 16.5. The molecule has 0 spiro atoms. The number of anilines is 2. The standard InChI is InChI=1S/C21H29N7O/c1-12(2)17-18(13(3)15-8-4-5-9-16(15)22)27-28-19(17)25-21(26-20(28)23)29-14-7-6-10-24-11-14/h4-5,8-9,12-14,24H,6-7,10-11,22H2,1-3H3,(H2,23,25,26)/t13?,14-/m1/s1. The van der Waals surface area contributed by atoms with Gasteiger partial charge in [0.2, 0.25) is 5.95 Å². The Morgan fingerprint density at radius 2 is 1.97 bits per heavy atom. The first-order chi connectivity index (χ1) is 14.0. The summed E-state index contributed by atoms with van der Waals surface area (Å²) in [5.74, 6) is 0.477. The Kier molecular flexibility index (Phi) is 5.27. The molecule has 3 aromatic rings. The molecule has 0 amide bonds. The number of nitrogens with two attached hydrogens (primary N) is 2. The van der Waals surface area contributed by atoms with E-state index in [9.17, 15) is 0 Å². The Bertz CT molecular complexity index is 1010. The van der Waals surface area contributed by atoms with E-state index < -0.39 is 0 Å². The van der Waals surface area contributed by atoms with Gasteiger partial charge in [-0.2, -0.15) is 19.6 Å². The molecule has 1 aliphatic heterocycles. The number of piperidine rings is 1. The van der Waals surface area contributed by atoms with Crippen LogP contribution in [0.15, 0.2) is 24.3 Å². The smallest absolute Gasteiger partial charge is 0.322 e. The molecule has 1 aromatic carbocycles. The Balaban J connectivity index is 1.78. The maximum atomic E-state index is 6.24. The van der Waals surface area contributed by atoms with E-state index in [-0.39, 0.29) is 23.9 Å². The number of fused-ring (bicyclic) bond motifs is 1. The lowest BCUT2D eigenvalue weighted by molar-refractivity contribution is 0.153. The lowest BCUT2D eigenvalue weighted by Crippen LogP contribution is -2.37. The van der Waals surface area contributed by atoms with Gasteiger partial charge in [0, 0.05) is 23.7 Å². The third-order valence-electron chi connectivity index (χ3n) is 5.53. The Hall–Kier alpha value is -2.87. The number of hydrogen-bond donors (Lipinski definition) is 3. The zero-order valence-electron chi connectivity index (χ0n) is 17.2. The summed E-state index contributed by atoms with van der Waals surface area (Å²) in [7, 11) is 0. The van der Waals surface area contributed by atoms with Gasteiger partial charge in [0.05, 0.1) is 5.69 Å². The number of nitrogens with zero attached hydrogens (tertiary/aromatic N) is 4. The molecular formula is C21H29N7O. The summed E-state index contributed by atoms with van der Waals surface area (Å²) in [4.78, 5) is 9.05. The van der Waals surface area contributed by atoms with Crippen molar-refractivity contribution < 1.29 is 4.74 Å². The van der Waals surface area contributed by atoms with Crippen LogP contribution >= 0.6 is 0 Å². The summed E-state index contributed by atoms with van der Waals surface area (Å²) >= 11 is 0. The molecule has 1 aliphatic rings. The number of rotatable bonds is 5. The normalized spacial score (nSPS) is 18.3. The third kappa shape index (κ3) is 3.72. The number of nitrogen functional groups attached to an aromatic ring is 2. The maximum Gasteiger partial charge on any atom is 0.322 e. The summed E-state index contributed by atoms with van der Waals surface area (Å²) in [5, 5.41) is 8.12. The number of para-hydroxylation sites is 1. The van der Waals surface area contributed by atoms with Crippen molar-refractivity contribution in [1.82, 2.24) is 24.9 Å². The van der Waals surface area contributed by atoms with Crippen LogP contribution in [0.3, 0.4) is 0 Å². The molecule has 5 N–H and O–H groups in total. The number of hydrogen-bond acceptors (Lipinski definition) is 7. The molecule has 29 heavy (non-hydrogen) atoms.